The fourth-order valence-corrected chi connectivity index (χ4v) is 7.68. The molecule has 2 aliphatic heterocycles. The summed E-state index contributed by atoms with van der Waals surface area (Å²) < 4.78 is 6.74. The van der Waals surface area contributed by atoms with Crippen LogP contribution in [0.4, 0.5) is 17.1 Å². The molecule has 0 fully saturated rings. The van der Waals surface area contributed by atoms with Gasteiger partial charge in [-0.1, -0.05) is 107 Å². The van der Waals surface area contributed by atoms with Gasteiger partial charge in [-0.25, -0.2) is 4.99 Å². The number of ketones is 1. The van der Waals surface area contributed by atoms with E-state index in [1.807, 2.05) is 110 Å². The number of phenolic OH excluding ortho intramolecular Hbond substituents is 2. The van der Waals surface area contributed by atoms with Crippen molar-refractivity contribution in [3.8, 4) is 17.2 Å². The molecule has 3 N–H and O–H groups in total. The summed E-state index contributed by atoms with van der Waals surface area (Å²) in [5.41, 5.74) is 6.79. The van der Waals surface area contributed by atoms with E-state index >= 15 is 0 Å². The summed E-state index contributed by atoms with van der Waals surface area (Å²) >= 11 is 0. The summed E-state index contributed by atoms with van der Waals surface area (Å²) in [6, 6.07) is 19.8. The molecule has 3 aliphatic rings. The van der Waals surface area contributed by atoms with E-state index in [0.29, 0.717) is 5.57 Å². The SMILES string of the molecule is CC(C)(C)C1=CC(C(C)(C)C)C=C(O)C1=O.CC(C)(C)c1cc(O)c(O)c(C(C)(C)C)c1.CN1c2ccccc2N(C)C12C=Nc1c(c3cccnc3c3ncccc13)O2.[Co]. The van der Waals surface area contributed by atoms with Gasteiger partial charge in [-0.2, -0.15) is 0 Å². The number of allylic oxidation sites excluding steroid dienone is 3. The molecule has 1 spiro atoms. The van der Waals surface area contributed by atoms with E-state index in [0.717, 1.165) is 55.7 Å². The smallest absolute Gasteiger partial charge is 0.302 e. The number of aliphatic hydroxyl groups is 1. The summed E-state index contributed by atoms with van der Waals surface area (Å²) in [5.74, 6) is -0.342. The van der Waals surface area contributed by atoms with E-state index in [1.165, 1.54) is 0 Å². The minimum atomic E-state index is -0.824. The average molecular weight is 871 g/mol. The molecule has 8 rings (SSSR count). The first kappa shape index (κ1) is 46.7. The number of hydrogen-bond donors (Lipinski definition) is 3. The zero-order valence-electron chi connectivity index (χ0n) is 38.0. The molecule has 3 aromatic carbocycles. The molecule has 0 saturated carbocycles. The van der Waals surface area contributed by atoms with Crippen molar-refractivity contribution in [2.45, 2.75) is 99.8 Å². The van der Waals surface area contributed by atoms with Gasteiger partial charge in [0.25, 0.3) is 0 Å². The molecule has 1 aliphatic carbocycles. The first-order valence-corrected chi connectivity index (χ1v) is 20.5. The van der Waals surface area contributed by atoms with Crippen molar-refractivity contribution in [1.29, 1.82) is 0 Å². The largest absolute Gasteiger partial charge is 0.504 e. The van der Waals surface area contributed by atoms with Crippen LogP contribution in [0.1, 0.15) is 94.2 Å². The first-order valence-electron chi connectivity index (χ1n) is 20.5. The van der Waals surface area contributed by atoms with Gasteiger partial charge in [0.1, 0.15) is 11.2 Å². The molecule has 2 aromatic heterocycles. The number of aromatic nitrogens is 2. The van der Waals surface area contributed by atoms with E-state index < -0.39 is 5.85 Å². The third-order valence-electron chi connectivity index (χ3n) is 11.5. The molecule has 5 aromatic rings. The monoisotopic (exact) mass is 870 g/mol. The van der Waals surface area contributed by atoms with Crippen LogP contribution < -0.4 is 14.5 Å². The molecule has 325 valence electrons. The van der Waals surface area contributed by atoms with Gasteiger partial charge < -0.3 is 29.9 Å². The van der Waals surface area contributed by atoms with Gasteiger partial charge in [-0.15, -0.1) is 0 Å². The van der Waals surface area contributed by atoms with Crippen LogP contribution in [-0.4, -0.2) is 57.2 Å². The summed E-state index contributed by atoms with van der Waals surface area (Å²) in [6.45, 7) is 24.6. The van der Waals surface area contributed by atoms with Gasteiger partial charge >= 0.3 is 5.85 Å². The number of phenols is 2. The predicted octanol–water partition coefficient (Wildman–Crippen LogP) is 11.5. The van der Waals surface area contributed by atoms with E-state index in [-0.39, 0.29) is 67.4 Å². The third-order valence-corrected chi connectivity index (χ3v) is 11.5. The van der Waals surface area contributed by atoms with Crippen LogP contribution in [0, 0.1) is 16.7 Å². The molecule has 11 heteroatoms. The Kier molecular flexibility index (Phi) is 12.6. The van der Waals surface area contributed by atoms with E-state index in [2.05, 4.69) is 73.4 Å². The third kappa shape index (κ3) is 8.86. The quantitative estimate of drug-likeness (QED) is 0.103. The minimum absolute atomic E-state index is 0. The number of aliphatic imine (C=N–C) groups is 1. The van der Waals surface area contributed by atoms with Crippen molar-refractivity contribution < 1.29 is 41.6 Å². The van der Waals surface area contributed by atoms with Crippen LogP contribution in [0.3, 0.4) is 0 Å². The molecule has 4 heterocycles. The average Bonchev–Trinajstić information content (AvgIpc) is 3.37. The zero-order valence-corrected chi connectivity index (χ0v) is 39.0. The molecule has 0 amide bonds. The van der Waals surface area contributed by atoms with E-state index in [9.17, 15) is 20.1 Å². The van der Waals surface area contributed by atoms with Crippen molar-refractivity contribution in [3.05, 3.63) is 108 Å². The summed E-state index contributed by atoms with van der Waals surface area (Å²) in [4.78, 5) is 30.1. The van der Waals surface area contributed by atoms with Crippen LogP contribution in [0.5, 0.6) is 17.2 Å². The summed E-state index contributed by atoms with van der Waals surface area (Å²) in [5, 5.41) is 31.2. The number of Topliss-reactive ketones (excluding diaryl/α,β-unsaturated/α-hetero) is 1. The van der Waals surface area contributed by atoms with Gasteiger partial charge in [0.15, 0.2) is 23.0 Å². The number of anilines is 2. The molecular weight excluding hydrogens is 810 g/mol. The maximum atomic E-state index is 11.9. The van der Waals surface area contributed by atoms with Crippen molar-refractivity contribution in [3.63, 3.8) is 0 Å². The fourth-order valence-electron chi connectivity index (χ4n) is 7.68. The Morgan fingerprint density at radius 2 is 1.23 bits per heavy atom. The Bertz CT molecular complexity index is 2540. The number of carbonyl (C=O) groups is 1. The van der Waals surface area contributed by atoms with Gasteiger partial charge in [-0.3, -0.25) is 14.8 Å². The normalized spacial score (nSPS) is 17.0. The number of benzene rings is 3. The number of hydrogen-bond acceptors (Lipinski definition) is 10. The Labute approximate surface area is 371 Å². The van der Waals surface area contributed by atoms with Crippen molar-refractivity contribution in [1.82, 2.24) is 9.97 Å². The summed E-state index contributed by atoms with van der Waals surface area (Å²) in [7, 11) is 4.06. The Balaban J connectivity index is 0.000000185. The number of nitrogens with zero attached hydrogens (tertiary/aromatic N) is 5. The first-order chi connectivity index (χ1) is 27.8. The second-order valence-electron chi connectivity index (χ2n) is 20.1. The molecule has 0 saturated heterocycles. The number of ether oxygens (including phenoxy) is 1. The van der Waals surface area contributed by atoms with Crippen molar-refractivity contribution in [2.75, 3.05) is 23.9 Å². The minimum Gasteiger partial charge on any atom is -0.504 e. The zero-order chi connectivity index (χ0) is 44.3. The Morgan fingerprint density at radius 1 is 0.689 bits per heavy atom. The maximum Gasteiger partial charge on any atom is 0.302 e. The van der Waals surface area contributed by atoms with E-state index in [4.69, 9.17) is 9.73 Å². The van der Waals surface area contributed by atoms with Crippen LogP contribution in [0.2, 0.25) is 0 Å². The molecule has 0 bridgehead atoms. The van der Waals surface area contributed by atoms with Gasteiger partial charge in [0.05, 0.1) is 23.1 Å². The number of rotatable bonds is 0. The molecule has 61 heavy (non-hydrogen) atoms. The van der Waals surface area contributed by atoms with Crippen LogP contribution in [-0.2, 0) is 32.4 Å². The fraction of sp³-hybridized carbons (Fsp3) is 0.400. The molecule has 10 nitrogen and oxygen atoms in total. The van der Waals surface area contributed by atoms with Crippen LogP contribution in [0.15, 0.2) is 102 Å². The second kappa shape index (κ2) is 16.5. The van der Waals surface area contributed by atoms with Gasteiger partial charge in [-0.05, 0) is 75.8 Å². The summed E-state index contributed by atoms with van der Waals surface area (Å²) in [6.07, 6.45) is 9.12. The van der Waals surface area contributed by atoms with Crippen molar-refractivity contribution >= 4 is 50.9 Å². The standard InChI is InChI=1S/C22H17N5O.2C14H22O2.Co/c1-26-16-9-3-4-10-17(16)27(2)22(26)13-25-20-14-7-5-11-23-18(14)19-15(21(20)28-22)8-6-12-24-19;2*1-13(2,3)9-7-10(14(4,5)6)12(16)11(15)8-9;/h3-13H,1-2H3;7-8,15-16H,1-6H3;7-9,15H,1-6H3;. The number of aromatic hydroxyl groups is 2. The van der Waals surface area contributed by atoms with E-state index in [1.54, 1.807) is 24.5 Å². The van der Waals surface area contributed by atoms with Crippen LogP contribution >= 0.6 is 0 Å². The molecule has 1 atom stereocenters. The van der Waals surface area contributed by atoms with Gasteiger partial charge in [0.2, 0.25) is 5.78 Å². The van der Waals surface area contributed by atoms with Gasteiger partial charge in [0, 0.05) is 71.1 Å². The Hall–Kier alpha value is -5.39. The number of carbonyl (C=O) groups excluding carboxylic acids is 1. The van der Waals surface area contributed by atoms with Crippen molar-refractivity contribution in [2.24, 2.45) is 21.7 Å². The number of aliphatic hydroxyl groups excluding tert-OH is 1. The second-order valence-corrected chi connectivity index (χ2v) is 20.1. The maximum absolute atomic E-state index is 11.9. The Morgan fingerprint density at radius 3 is 1.74 bits per heavy atom. The molecule has 1 radical (unpaired) electrons. The molecule has 1 unspecified atom stereocenters. The number of pyridine rings is 2. The topological polar surface area (TPSA) is 132 Å². The number of fused-ring (bicyclic) bond motifs is 7. The van der Waals surface area contributed by atoms with Crippen LogP contribution in [0.25, 0.3) is 21.8 Å². The number of para-hydroxylation sites is 2. The molecular formula is C50H61CoN5O5. The predicted molar refractivity (Wildman–Crippen MR) is 245 cm³/mol.